The van der Waals surface area contributed by atoms with Crippen LogP contribution in [0.15, 0.2) is 0 Å². The first kappa shape index (κ1) is 31.6. The molecule has 1 N–H and O–H groups in total. The van der Waals surface area contributed by atoms with Crippen LogP contribution in [0.3, 0.4) is 0 Å². The molecule has 0 bridgehead atoms. The summed E-state index contributed by atoms with van der Waals surface area (Å²) >= 11 is 0. The minimum atomic E-state index is -8.94. The average Bonchev–Trinajstić information content (AvgIpc) is 2.59. The molecule has 0 aliphatic rings. The monoisotopic (exact) mass is 545 g/mol. The van der Waals surface area contributed by atoms with Crippen molar-refractivity contribution < 1.29 is 87.8 Å². The fourth-order valence-electron chi connectivity index (χ4n) is 1.81. The molecule has 0 rings (SSSR count). The van der Waals surface area contributed by atoms with E-state index in [9.17, 15) is 87.8 Å². The zero-order valence-corrected chi connectivity index (χ0v) is 15.1. The standard InChI is InChI=1S/C12H7F20N/c1-3(13,11(28,29)30)4(14,15)5(16,17)6(18,19)7(20,21)8(22,23)9(24,25)10(26,27)12(31,32)33-2/h33H,1-2H3. The van der Waals surface area contributed by atoms with Crippen molar-refractivity contribution in [1.29, 1.82) is 0 Å². The lowest BCUT2D eigenvalue weighted by Gasteiger charge is -2.45. The predicted molar refractivity (Wildman–Crippen MR) is 64.2 cm³/mol. The Morgan fingerprint density at radius 1 is 0.364 bits per heavy atom. The maximum atomic E-state index is 13.4. The molecule has 0 spiro atoms. The van der Waals surface area contributed by atoms with Gasteiger partial charge in [0.2, 0.25) is 0 Å². The summed E-state index contributed by atoms with van der Waals surface area (Å²) in [5, 5.41) is -0.131. The van der Waals surface area contributed by atoms with E-state index in [0.717, 1.165) is 0 Å². The van der Waals surface area contributed by atoms with Crippen LogP contribution in [0.5, 0.6) is 0 Å². The van der Waals surface area contributed by atoms with Gasteiger partial charge in [-0.2, -0.15) is 83.4 Å². The molecule has 0 aromatic heterocycles. The number of hydrogen-bond acceptors (Lipinski definition) is 1. The molecule has 0 aromatic carbocycles. The summed E-state index contributed by atoms with van der Waals surface area (Å²) in [6.07, 6.45) is -7.32. The highest BCUT2D eigenvalue weighted by Crippen LogP contribution is 2.65. The van der Waals surface area contributed by atoms with E-state index >= 15 is 0 Å². The van der Waals surface area contributed by atoms with Crippen LogP contribution in [0, 0.1) is 0 Å². The molecule has 0 aliphatic carbocycles. The highest BCUT2D eigenvalue weighted by atomic mass is 19.4. The Labute approximate surface area is 168 Å². The third kappa shape index (κ3) is 3.66. The van der Waals surface area contributed by atoms with E-state index in [4.69, 9.17) is 0 Å². The van der Waals surface area contributed by atoms with Crippen LogP contribution >= 0.6 is 0 Å². The number of alkyl halides is 20. The van der Waals surface area contributed by atoms with Gasteiger partial charge in [-0.15, -0.1) is 0 Å². The van der Waals surface area contributed by atoms with Gasteiger partial charge in [-0.05, 0) is 14.0 Å². The zero-order valence-electron chi connectivity index (χ0n) is 15.1. The highest BCUT2D eigenvalue weighted by Gasteiger charge is 2.96. The molecule has 33 heavy (non-hydrogen) atoms. The highest BCUT2D eigenvalue weighted by molar-refractivity contribution is 5.18. The summed E-state index contributed by atoms with van der Waals surface area (Å²) in [6, 6.07) is -6.68. The fraction of sp³-hybridized carbons (Fsp3) is 1.00. The first-order valence-corrected chi connectivity index (χ1v) is 7.28. The summed E-state index contributed by atoms with van der Waals surface area (Å²) in [4.78, 5) is 0. The minimum absolute atomic E-state index is 0.131. The second-order valence-electron chi connectivity index (χ2n) is 6.35. The third-order valence-corrected chi connectivity index (χ3v) is 4.20. The Morgan fingerprint density at radius 3 is 0.788 bits per heavy atom. The zero-order chi connectivity index (χ0) is 27.7. The van der Waals surface area contributed by atoms with Gasteiger partial charge in [0, 0.05) is 0 Å². The molecule has 0 aliphatic heterocycles. The second kappa shape index (κ2) is 7.53. The molecule has 0 heterocycles. The molecule has 0 aromatic rings. The van der Waals surface area contributed by atoms with Crippen molar-refractivity contribution in [3.8, 4) is 0 Å². The van der Waals surface area contributed by atoms with Crippen LogP contribution < -0.4 is 5.32 Å². The predicted octanol–water partition coefficient (Wildman–Crippen LogP) is 6.54. The van der Waals surface area contributed by atoms with Gasteiger partial charge in [0.25, 0.3) is 5.67 Å². The fourth-order valence-corrected chi connectivity index (χ4v) is 1.81. The molecular weight excluding hydrogens is 538 g/mol. The van der Waals surface area contributed by atoms with Crippen molar-refractivity contribution in [1.82, 2.24) is 5.32 Å². The lowest BCUT2D eigenvalue weighted by atomic mass is 9.84. The van der Waals surface area contributed by atoms with E-state index in [1.54, 1.807) is 0 Å². The summed E-state index contributed by atoms with van der Waals surface area (Å²) in [5.41, 5.74) is -6.94. The lowest BCUT2D eigenvalue weighted by molar-refractivity contribution is -0.465. The van der Waals surface area contributed by atoms with E-state index in [1.807, 2.05) is 0 Å². The number of nitrogens with one attached hydrogen (secondary N) is 1. The molecule has 0 saturated heterocycles. The molecule has 1 atom stereocenters. The van der Waals surface area contributed by atoms with Crippen molar-refractivity contribution in [2.45, 2.75) is 66.3 Å². The topological polar surface area (TPSA) is 12.0 Å². The molecule has 1 unspecified atom stereocenters. The lowest BCUT2D eigenvalue weighted by Crippen LogP contribution is -2.77. The molecule has 0 fully saturated rings. The van der Waals surface area contributed by atoms with Crippen molar-refractivity contribution in [3.05, 3.63) is 0 Å². The van der Waals surface area contributed by atoms with Crippen LogP contribution in [0.4, 0.5) is 87.8 Å². The van der Waals surface area contributed by atoms with Gasteiger partial charge in [-0.3, -0.25) is 5.32 Å². The molecule has 0 amide bonds. The maximum Gasteiger partial charge on any atom is 0.428 e. The van der Waals surface area contributed by atoms with Crippen LogP contribution in [0.25, 0.3) is 0 Å². The molecule has 0 saturated carbocycles. The van der Waals surface area contributed by atoms with Gasteiger partial charge < -0.3 is 0 Å². The van der Waals surface area contributed by atoms with Crippen molar-refractivity contribution in [2.24, 2.45) is 0 Å². The molecular formula is C12H7F20N. The molecule has 1 nitrogen and oxygen atoms in total. The van der Waals surface area contributed by atoms with Gasteiger partial charge in [-0.1, -0.05) is 0 Å². The second-order valence-corrected chi connectivity index (χ2v) is 6.35. The van der Waals surface area contributed by atoms with E-state index in [2.05, 4.69) is 0 Å². The SMILES string of the molecule is CNC(F)(F)C(F)(F)C(F)(F)C(F)(F)C(F)(F)C(F)(F)C(F)(F)C(F)(F)C(C)(F)C(F)(F)F. The van der Waals surface area contributed by atoms with E-state index in [1.165, 1.54) is 0 Å². The van der Waals surface area contributed by atoms with Crippen molar-refractivity contribution in [2.75, 3.05) is 7.05 Å². The Balaban J connectivity index is 7.03. The first-order valence-electron chi connectivity index (χ1n) is 7.28. The van der Waals surface area contributed by atoms with Crippen LogP contribution in [-0.4, -0.2) is 66.4 Å². The van der Waals surface area contributed by atoms with Gasteiger partial charge in [0.15, 0.2) is 0 Å². The average molecular weight is 545 g/mol. The van der Waals surface area contributed by atoms with Crippen molar-refractivity contribution in [3.63, 3.8) is 0 Å². The quantitative estimate of drug-likeness (QED) is 0.257. The van der Waals surface area contributed by atoms with E-state index < -0.39 is 73.3 Å². The smallest absolute Gasteiger partial charge is 0.256 e. The normalized spacial score (nSPS) is 18.4. The Kier molecular flexibility index (Phi) is 7.20. The number of hydrogen-bond donors (Lipinski definition) is 1. The largest absolute Gasteiger partial charge is 0.428 e. The van der Waals surface area contributed by atoms with Gasteiger partial charge in [0.05, 0.1) is 0 Å². The molecule has 200 valence electrons. The Hall–Kier alpha value is -1.44. The van der Waals surface area contributed by atoms with E-state index in [0.29, 0.717) is 0 Å². The number of halogens is 20. The minimum Gasteiger partial charge on any atom is -0.256 e. The summed E-state index contributed by atoms with van der Waals surface area (Å²) in [5.74, 6) is -59.8. The Bertz CT molecular complexity index is 715. The van der Waals surface area contributed by atoms with Crippen molar-refractivity contribution >= 4 is 0 Å². The maximum absolute atomic E-state index is 13.4. The molecule has 0 radical (unpaired) electrons. The molecule has 21 heteroatoms. The summed E-state index contributed by atoms with van der Waals surface area (Å²) < 4.78 is 262. The summed E-state index contributed by atoms with van der Waals surface area (Å²) in [7, 11) is -0.400. The van der Waals surface area contributed by atoms with Crippen LogP contribution in [-0.2, 0) is 0 Å². The van der Waals surface area contributed by atoms with Crippen LogP contribution in [0.1, 0.15) is 6.92 Å². The Morgan fingerprint density at radius 2 is 0.576 bits per heavy atom. The van der Waals surface area contributed by atoms with Gasteiger partial charge >= 0.3 is 53.7 Å². The summed E-state index contributed by atoms with van der Waals surface area (Å²) in [6.45, 7) is -1.66. The first-order chi connectivity index (χ1) is 13.8. The van der Waals surface area contributed by atoms with Crippen LogP contribution in [0.2, 0.25) is 0 Å². The number of rotatable bonds is 9. The third-order valence-electron chi connectivity index (χ3n) is 4.20. The van der Waals surface area contributed by atoms with Gasteiger partial charge in [0.1, 0.15) is 0 Å². The van der Waals surface area contributed by atoms with Gasteiger partial charge in [-0.25, -0.2) is 4.39 Å². The van der Waals surface area contributed by atoms with E-state index in [-0.39, 0.29) is 5.32 Å².